The molecule has 198 valence electrons. The number of ether oxygens (including phenoxy) is 2. The standard InChI is InChI=1S/C30H38N2O5/c1-5-23(2)32(29(33)16-14-24-10-7-6-8-11-24)22-30(34)31(21-26-12-9-19-37-26)18-17-25-13-15-27(35-3)28(20-25)36-4/h6-13,15,19-20,23H,5,14,16-18,21-22H2,1-4H3/t23-/m0/s1. The maximum Gasteiger partial charge on any atom is 0.242 e. The van der Waals surface area contributed by atoms with E-state index in [-0.39, 0.29) is 24.4 Å². The second kappa shape index (κ2) is 14.1. The van der Waals surface area contributed by atoms with Crippen molar-refractivity contribution in [3.8, 4) is 11.5 Å². The Morgan fingerprint density at radius 1 is 0.892 bits per heavy atom. The lowest BCUT2D eigenvalue weighted by Gasteiger charge is -2.31. The molecule has 0 fully saturated rings. The van der Waals surface area contributed by atoms with Crippen molar-refractivity contribution in [2.45, 2.75) is 52.1 Å². The van der Waals surface area contributed by atoms with Gasteiger partial charge in [0.1, 0.15) is 12.3 Å². The Labute approximate surface area is 220 Å². The molecular weight excluding hydrogens is 468 g/mol. The summed E-state index contributed by atoms with van der Waals surface area (Å²) in [6.07, 6.45) is 4.01. The molecule has 0 unspecified atom stereocenters. The number of benzene rings is 2. The van der Waals surface area contributed by atoms with Gasteiger partial charge in [-0.05, 0) is 61.6 Å². The Kier molecular flexibility index (Phi) is 10.6. The molecule has 37 heavy (non-hydrogen) atoms. The van der Waals surface area contributed by atoms with Gasteiger partial charge in [-0.3, -0.25) is 9.59 Å². The summed E-state index contributed by atoms with van der Waals surface area (Å²) in [7, 11) is 3.21. The lowest BCUT2D eigenvalue weighted by atomic mass is 10.1. The molecule has 3 aromatic rings. The number of hydrogen-bond donors (Lipinski definition) is 0. The number of nitrogens with zero attached hydrogens (tertiary/aromatic N) is 2. The van der Waals surface area contributed by atoms with Crippen molar-refractivity contribution in [2.24, 2.45) is 0 Å². The van der Waals surface area contributed by atoms with Crippen LogP contribution in [0.5, 0.6) is 11.5 Å². The van der Waals surface area contributed by atoms with Gasteiger partial charge in [-0.1, -0.05) is 43.3 Å². The number of hydrogen-bond acceptors (Lipinski definition) is 5. The van der Waals surface area contributed by atoms with Crippen LogP contribution in [0.4, 0.5) is 0 Å². The molecule has 1 heterocycles. The van der Waals surface area contributed by atoms with Crippen molar-refractivity contribution in [2.75, 3.05) is 27.3 Å². The zero-order valence-corrected chi connectivity index (χ0v) is 22.3. The molecule has 7 nitrogen and oxygen atoms in total. The molecule has 0 saturated carbocycles. The van der Waals surface area contributed by atoms with Crippen molar-refractivity contribution >= 4 is 11.8 Å². The van der Waals surface area contributed by atoms with Crippen LogP contribution in [0, 0.1) is 0 Å². The van der Waals surface area contributed by atoms with E-state index >= 15 is 0 Å². The highest BCUT2D eigenvalue weighted by molar-refractivity contribution is 5.85. The van der Waals surface area contributed by atoms with E-state index in [1.165, 1.54) is 0 Å². The minimum Gasteiger partial charge on any atom is -0.493 e. The van der Waals surface area contributed by atoms with E-state index in [0.717, 1.165) is 17.5 Å². The Morgan fingerprint density at radius 3 is 2.30 bits per heavy atom. The first-order chi connectivity index (χ1) is 17.9. The average molecular weight is 507 g/mol. The summed E-state index contributed by atoms with van der Waals surface area (Å²) in [5.74, 6) is 1.89. The van der Waals surface area contributed by atoms with Crippen LogP contribution in [0.1, 0.15) is 43.6 Å². The third-order valence-corrected chi connectivity index (χ3v) is 6.62. The zero-order valence-electron chi connectivity index (χ0n) is 22.3. The van der Waals surface area contributed by atoms with Crippen molar-refractivity contribution in [1.29, 1.82) is 0 Å². The molecule has 0 aliphatic heterocycles. The van der Waals surface area contributed by atoms with Crippen molar-refractivity contribution < 1.29 is 23.5 Å². The van der Waals surface area contributed by atoms with Crippen molar-refractivity contribution in [1.82, 2.24) is 9.80 Å². The normalized spacial score (nSPS) is 11.6. The lowest BCUT2D eigenvalue weighted by Crippen LogP contribution is -2.46. The smallest absolute Gasteiger partial charge is 0.242 e. The zero-order chi connectivity index (χ0) is 26.6. The molecule has 0 N–H and O–H groups in total. The summed E-state index contributed by atoms with van der Waals surface area (Å²) < 4.78 is 16.3. The van der Waals surface area contributed by atoms with Crippen LogP contribution < -0.4 is 9.47 Å². The maximum atomic E-state index is 13.6. The predicted molar refractivity (Wildman–Crippen MR) is 144 cm³/mol. The van der Waals surface area contributed by atoms with Crippen LogP contribution in [0.3, 0.4) is 0 Å². The van der Waals surface area contributed by atoms with Crippen LogP contribution in [0.25, 0.3) is 0 Å². The van der Waals surface area contributed by atoms with Gasteiger partial charge in [0.05, 0.1) is 27.0 Å². The Hall–Kier alpha value is -3.74. The van der Waals surface area contributed by atoms with Crippen molar-refractivity contribution in [3.05, 3.63) is 83.8 Å². The summed E-state index contributed by atoms with van der Waals surface area (Å²) in [5.41, 5.74) is 2.13. The second-order valence-electron chi connectivity index (χ2n) is 9.10. The van der Waals surface area contributed by atoms with E-state index in [1.54, 1.807) is 30.3 Å². The van der Waals surface area contributed by atoms with Crippen LogP contribution in [-0.4, -0.2) is 55.0 Å². The molecule has 1 aromatic heterocycles. The number of carbonyl (C=O) groups is 2. The van der Waals surface area contributed by atoms with Gasteiger partial charge < -0.3 is 23.7 Å². The Bertz CT molecular complexity index is 1110. The van der Waals surface area contributed by atoms with Gasteiger partial charge in [-0.15, -0.1) is 0 Å². The topological polar surface area (TPSA) is 72.2 Å². The molecule has 0 aliphatic rings. The van der Waals surface area contributed by atoms with Gasteiger partial charge in [0, 0.05) is 19.0 Å². The number of carbonyl (C=O) groups excluding carboxylic acids is 2. The Balaban J connectivity index is 1.71. The molecule has 0 bridgehead atoms. The lowest BCUT2D eigenvalue weighted by molar-refractivity contribution is -0.142. The SMILES string of the molecule is CC[C@H](C)N(CC(=O)N(CCc1ccc(OC)c(OC)c1)Cc1ccco1)C(=O)CCc1ccccc1. The van der Waals surface area contributed by atoms with Gasteiger partial charge >= 0.3 is 0 Å². The quantitative estimate of drug-likeness (QED) is 0.303. The molecule has 7 heteroatoms. The highest BCUT2D eigenvalue weighted by atomic mass is 16.5. The fourth-order valence-corrected chi connectivity index (χ4v) is 4.18. The second-order valence-corrected chi connectivity index (χ2v) is 9.10. The maximum absolute atomic E-state index is 13.6. The fraction of sp³-hybridized carbons (Fsp3) is 0.400. The summed E-state index contributed by atoms with van der Waals surface area (Å²) in [4.78, 5) is 30.3. The number of rotatable bonds is 14. The molecule has 0 saturated heterocycles. The van der Waals surface area contributed by atoms with Crippen LogP contribution in [0.15, 0.2) is 71.3 Å². The third-order valence-electron chi connectivity index (χ3n) is 6.62. The van der Waals surface area contributed by atoms with Gasteiger partial charge in [-0.2, -0.15) is 0 Å². The molecule has 0 radical (unpaired) electrons. The van der Waals surface area contributed by atoms with Crippen molar-refractivity contribution in [3.63, 3.8) is 0 Å². The van der Waals surface area contributed by atoms with E-state index in [4.69, 9.17) is 13.9 Å². The first-order valence-electron chi connectivity index (χ1n) is 12.8. The highest BCUT2D eigenvalue weighted by Crippen LogP contribution is 2.28. The first-order valence-corrected chi connectivity index (χ1v) is 12.8. The number of amides is 2. The summed E-state index contributed by atoms with van der Waals surface area (Å²) in [6, 6.07) is 19.3. The minimum atomic E-state index is -0.106. The minimum absolute atomic E-state index is 0.00982. The van der Waals surface area contributed by atoms with E-state index in [9.17, 15) is 9.59 Å². The summed E-state index contributed by atoms with van der Waals surface area (Å²) in [5, 5.41) is 0. The van der Waals surface area contributed by atoms with Crippen LogP contribution in [-0.2, 0) is 29.0 Å². The molecule has 1 atom stereocenters. The van der Waals surface area contributed by atoms with E-state index in [2.05, 4.69) is 0 Å². The Morgan fingerprint density at radius 2 is 1.65 bits per heavy atom. The average Bonchev–Trinajstić information content (AvgIpc) is 3.45. The van der Waals surface area contributed by atoms with Crippen LogP contribution in [0.2, 0.25) is 0 Å². The molecule has 0 spiro atoms. The predicted octanol–water partition coefficient (Wildman–Crippen LogP) is 5.13. The van der Waals surface area contributed by atoms with E-state index in [0.29, 0.717) is 49.6 Å². The number of furan rings is 1. The monoisotopic (exact) mass is 506 g/mol. The first kappa shape index (κ1) is 27.8. The van der Waals surface area contributed by atoms with E-state index < -0.39 is 0 Å². The highest BCUT2D eigenvalue weighted by Gasteiger charge is 2.25. The number of aryl methyl sites for hydroxylation is 1. The van der Waals surface area contributed by atoms with E-state index in [1.807, 2.05) is 74.5 Å². The molecule has 2 amide bonds. The molecular formula is C30H38N2O5. The summed E-state index contributed by atoms with van der Waals surface area (Å²) >= 11 is 0. The summed E-state index contributed by atoms with van der Waals surface area (Å²) in [6.45, 7) is 4.88. The van der Waals surface area contributed by atoms with Gasteiger partial charge in [0.2, 0.25) is 11.8 Å². The molecule has 3 rings (SSSR count). The third kappa shape index (κ3) is 8.13. The van der Waals surface area contributed by atoms with Crippen LogP contribution >= 0.6 is 0 Å². The largest absolute Gasteiger partial charge is 0.493 e. The molecule has 2 aromatic carbocycles. The number of methoxy groups -OCH3 is 2. The molecule has 0 aliphatic carbocycles. The van der Waals surface area contributed by atoms with Gasteiger partial charge in [-0.25, -0.2) is 0 Å². The van der Waals surface area contributed by atoms with Gasteiger partial charge in [0.25, 0.3) is 0 Å². The van der Waals surface area contributed by atoms with Gasteiger partial charge in [0.15, 0.2) is 11.5 Å². The fourth-order valence-electron chi connectivity index (χ4n) is 4.18.